The van der Waals surface area contributed by atoms with Crippen molar-refractivity contribution in [1.29, 1.82) is 5.41 Å². The Bertz CT molecular complexity index is 1340. The van der Waals surface area contributed by atoms with Crippen LogP contribution in [0.25, 0.3) is 6.08 Å². The van der Waals surface area contributed by atoms with Crippen molar-refractivity contribution in [2.45, 2.75) is 32.1 Å². The molecule has 204 valence electrons. The SMILES string of the molecule is COc1cc(C=C2C(=N)N3N=C(C4CCCCC4)SC3=NC2=O)cc(OC)c1OCCOc1ccccc1Cl. The second-order valence-corrected chi connectivity index (χ2v) is 10.6. The van der Waals surface area contributed by atoms with Gasteiger partial charge in [0.2, 0.25) is 10.9 Å². The standard InChI is InChI=1S/C28H29ClN4O5S/c1-35-22-15-17(16-23(36-2)24(22)38-13-12-37-21-11-7-6-10-20(21)29)14-19-25(30)33-28(31-26(19)34)39-27(32-33)18-8-4-3-5-9-18/h6-7,10-11,14-16,18,30H,3-5,8-9,12-13H2,1-2H3. The average molecular weight is 569 g/mol. The number of amides is 1. The number of fused-ring (bicyclic) bond motifs is 1. The van der Waals surface area contributed by atoms with Crippen LogP contribution in [0.5, 0.6) is 23.0 Å². The quantitative estimate of drug-likeness (QED) is 0.291. The second-order valence-electron chi connectivity index (χ2n) is 9.18. The van der Waals surface area contributed by atoms with E-state index in [-0.39, 0.29) is 24.6 Å². The lowest BCUT2D eigenvalue weighted by atomic mass is 9.90. The number of amidine groups is 2. The summed E-state index contributed by atoms with van der Waals surface area (Å²) < 4.78 is 22.7. The maximum absolute atomic E-state index is 12.9. The van der Waals surface area contributed by atoms with Crippen LogP contribution in [0, 0.1) is 11.3 Å². The fourth-order valence-electron chi connectivity index (χ4n) is 4.67. The number of rotatable bonds is 9. The predicted molar refractivity (Wildman–Crippen MR) is 154 cm³/mol. The molecule has 2 aromatic rings. The number of carbonyl (C=O) groups is 1. The molecule has 0 saturated heterocycles. The lowest BCUT2D eigenvalue weighted by molar-refractivity contribution is -0.114. The molecule has 11 heteroatoms. The van der Waals surface area contributed by atoms with Crippen LogP contribution >= 0.6 is 23.4 Å². The Morgan fingerprint density at radius 1 is 1.05 bits per heavy atom. The molecule has 1 amide bonds. The lowest BCUT2D eigenvalue weighted by Gasteiger charge is -2.20. The summed E-state index contributed by atoms with van der Waals surface area (Å²) in [5.41, 5.74) is 0.734. The minimum atomic E-state index is -0.478. The number of carbonyl (C=O) groups excluding carboxylic acids is 1. The molecule has 0 radical (unpaired) electrons. The van der Waals surface area contributed by atoms with Crippen LogP contribution in [0.2, 0.25) is 5.02 Å². The Morgan fingerprint density at radius 3 is 2.44 bits per heavy atom. The maximum Gasteiger partial charge on any atom is 0.283 e. The first kappa shape index (κ1) is 27.1. The third-order valence-electron chi connectivity index (χ3n) is 6.64. The van der Waals surface area contributed by atoms with Crippen LogP contribution in [0.3, 0.4) is 0 Å². The van der Waals surface area contributed by atoms with E-state index in [0.717, 1.165) is 17.9 Å². The van der Waals surface area contributed by atoms with E-state index in [9.17, 15) is 4.79 Å². The molecular formula is C28H29ClN4O5S. The number of nitrogens with zero attached hydrogens (tertiary/aromatic N) is 3. The van der Waals surface area contributed by atoms with Crippen LogP contribution < -0.4 is 18.9 Å². The number of aliphatic imine (C=N–C) groups is 1. The Morgan fingerprint density at radius 2 is 1.74 bits per heavy atom. The van der Waals surface area contributed by atoms with E-state index in [4.69, 9.17) is 36.0 Å². The van der Waals surface area contributed by atoms with Gasteiger partial charge in [0.25, 0.3) is 5.91 Å². The van der Waals surface area contributed by atoms with Gasteiger partial charge in [0, 0.05) is 5.92 Å². The van der Waals surface area contributed by atoms with Crippen molar-refractivity contribution in [2.75, 3.05) is 27.4 Å². The number of para-hydroxylation sites is 1. The van der Waals surface area contributed by atoms with E-state index in [1.807, 2.05) is 12.1 Å². The van der Waals surface area contributed by atoms with Gasteiger partial charge in [0.15, 0.2) is 17.3 Å². The molecule has 1 N–H and O–H groups in total. The molecule has 0 aromatic heterocycles. The zero-order valence-corrected chi connectivity index (χ0v) is 23.3. The summed E-state index contributed by atoms with van der Waals surface area (Å²) in [5, 5.41) is 16.8. The third-order valence-corrected chi connectivity index (χ3v) is 8.03. The lowest BCUT2D eigenvalue weighted by Crippen LogP contribution is -2.35. The Hall–Kier alpha value is -3.50. The Kier molecular flexibility index (Phi) is 8.42. The van der Waals surface area contributed by atoms with Crippen molar-refractivity contribution in [3.8, 4) is 23.0 Å². The number of benzene rings is 2. The van der Waals surface area contributed by atoms with Crippen LogP contribution in [0.1, 0.15) is 37.7 Å². The van der Waals surface area contributed by atoms with Gasteiger partial charge in [-0.3, -0.25) is 10.2 Å². The first-order chi connectivity index (χ1) is 19.0. The van der Waals surface area contributed by atoms with Gasteiger partial charge < -0.3 is 18.9 Å². The molecule has 1 fully saturated rings. The molecule has 0 bridgehead atoms. The summed E-state index contributed by atoms with van der Waals surface area (Å²) in [6, 6.07) is 10.6. The molecule has 0 atom stereocenters. The summed E-state index contributed by atoms with van der Waals surface area (Å²) in [7, 11) is 3.04. The highest BCUT2D eigenvalue weighted by molar-refractivity contribution is 8.27. The van der Waals surface area contributed by atoms with E-state index >= 15 is 0 Å². The van der Waals surface area contributed by atoms with Gasteiger partial charge in [-0.1, -0.05) is 43.0 Å². The van der Waals surface area contributed by atoms with Crippen LogP contribution in [0.15, 0.2) is 52.1 Å². The minimum Gasteiger partial charge on any atom is -0.493 e. The molecule has 2 aliphatic heterocycles. The number of hydrazone groups is 1. The highest BCUT2D eigenvalue weighted by Gasteiger charge is 2.38. The Balaban J connectivity index is 1.33. The van der Waals surface area contributed by atoms with Crippen LogP contribution in [-0.2, 0) is 4.79 Å². The third kappa shape index (κ3) is 5.91. The summed E-state index contributed by atoms with van der Waals surface area (Å²) in [4.78, 5) is 17.2. The average Bonchev–Trinajstić information content (AvgIpc) is 3.39. The largest absolute Gasteiger partial charge is 0.493 e. The summed E-state index contributed by atoms with van der Waals surface area (Å²) in [5.74, 6) is 1.67. The fraction of sp³-hybridized carbons (Fsp3) is 0.357. The van der Waals surface area contributed by atoms with Crippen molar-refractivity contribution in [1.82, 2.24) is 5.01 Å². The normalized spacial score (nSPS) is 18.5. The van der Waals surface area contributed by atoms with Crippen molar-refractivity contribution in [3.63, 3.8) is 0 Å². The number of methoxy groups -OCH3 is 2. The highest BCUT2D eigenvalue weighted by atomic mass is 35.5. The van der Waals surface area contributed by atoms with Crippen molar-refractivity contribution < 1.29 is 23.7 Å². The number of halogens is 1. The number of hydrogen-bond acceptors (Lipinski definition) is 8. The van der Waals surface area contributed by atoms with Gasteiger partial charge in [-0.05, 0) is 60.5 Å². The molecular weight excluding hydrogens is 540 g/mol. The van der Waals surface area contributed by atoms with Gasteiger partial charge in [-0.2, -0.15) is 15.1 Å². The van der Waals surface area contributed by atoms with E-state index in [2.05, 4.69) is 10.1 Å². The number of ether oxygens (including phenoxy) is 4. The highest BCUT2D eigenvalue weighted by Crippen LogP contribution is 2.40. The van der Waals surface area contributed by atoms with E-state index in [1.165, 1.54) is 50.3 Å². The number of nitrogens with one attached hydrogen (secondary N) is 1. The minimum absolute atomic E-state index is 0.00158. The monoisotopic (exact) mass is 568 g/mol. The van der Waals surface area contributed by atoms with Gasteiger partial charge in [-0.25, -0.2) is 0 Å². The first-order valence-corrected chi connectivity index (χ1v) is 13.9. The van der Waals surface area contributed by atoms with Gasteiger partial charge >= 0.3 is 0 Å². The number of thioether (sulfide) groups is 1. The summed E-state index contributed by atoms with van der Waals surface area (Å²) in [6.45, 7) is 0.470. The second kappa shape index (κ2) is 12.1. The first-order valence-electron chi connectivity index (χ1n) is 12.7. The van der Waals surface area contributed by atoms with Crippen LogP contribution in [0.4, 0.5) is 0 Å². The number of hydrogen-bond donors (Lipinski definition) is 1. The molecule has 2 aromatic carbocycles. The molecule has 3 aliphatic rings. The topological polar surface area (TPSA) is 106 Å². The van der Waals surface area contributed by atoms with Crippen LogP contribution in [-0.4, -0.2) is 54.4 Å². The maximum atomic E-state index is 12.9. The van der Waals surface area contributed by atoms with Crippen molar-refractivity contribution >= 4 is 51.4 Å². The van der Waals surface area contributed by atoms with E-state index in [1.54, 1.807) is 30.3 Å². The molecule has 9 nitrogen and oxygen atoms in total. The zero-order chi connectivity index (χ0) is 27.4. The van der Waals surface area contributed by atoms with Gasteiger partial charge in [0.05, 0.1) is 24.8 Å². The van der Waals surface area contributed by atoms with E-state index in [0.29, 0.717) is 44.7 Å². The summed E-state index contributed by atoms with van der Waals surface area (Å²) in [6.07, 6.45) is 7.35. The van der Waals surface area contributed by atoms with E-state index < -0.39 is 5.91 Å². The van der Waals surface area contributed by atoms with Crippen molar-refractivity contribution in [2.24, 2.45) is 16.0 Å². The van der Waals surface area contributed by atoms with Crippen molar-refractivity contribution in [3.05, 3.63) is 52.6 Å². The molecule has 0 spiro atoms. The van der Waals surface area contributed by atoms with Gasteiger partial charge in [-0.15, -0.1) is 0 Å². The smallest absolute Gasteiger partial charge is 0.283 e. The molecule has 1 aliphatic carbocycles. The Labute approximate surface area is 236 Å². The predicted octanol–water partition coefficient (Wildman–Crippen LogP) is 6.01. The molecule has 2 heterocycles. The molecule has 1 saturated carbocycles. The zero-order valence-electron chi connectivity index (χ0n) is 21.7. The molecule has 39 heavy (non-hydrogen) atoms. The summed E-state index contributed by atoms with van der Waals surface area (Å²) >= 11 is 7.54. The van der Waals surface area contributed by atoms with Gasteiger partial charge in [0.1, 0.15) is 24.0 Å². The molecule has 5 rings (SSSR count). The molecule has 0 unspecified atom stereocenters. The fourth-order valence-corrected chi connectivity index (χ4v) is 5.92.